The molecular weight excluding hydrogens is 458 g/mol. The number of anilines is 2. The number of carbonyl (C=O) groups is 1. The summed E-state index contributed by atoms with van der Waals surface area (Å²) in [7, 11) is 0. The van der Waals surface area contributed by atoms with Gasteiger partial charge in [-0.15, -0.1) is 0 Å². The first-order valence-corrected chi connectivity index (χ1v) is 9.89. The van der Waals surface area contributed by atoms with Gasteiger partial charge >= 0.3 is 0 Å². The summed E-state index contributed by atoms with van der Waals surface area (Å²) in [5, 5.41) is 7.93. The summed E-state index contributed by atoms with van der Waals surface area (Å²) < 4.78 is 0. The van der Waals surface area contributed by atoms with Gasteiger partial charge in [0.15, 0.2) is 10.9 Å². The van der Waals surface area contributed by atoms with Crippen LogP contribution in [0.5, 0.6) is 0 Å². The molecule has 0 aliphatic carbocycles. The van der Waals surface area contributed by atoms with E-state index in [-0.39, 0.29) is 10.9 Å². The van der Waals surface area contributed by atoms with E-state index in [0.717, 1.165) is 0 Å². The summed E-state index contributed by atoms with van der Waals surface area (Å²) in [5.41, 5.74) is 1.77. The third-order valence-corrected chi connectivity index (χ3v) is 5.09. The normalized spacial score (nSPS) is 10.4. The molecule has 3 rings (SSSR count). The van der Waals surface area contributed by atoms with Crippen molar-refractivity contribution in [3.63, 3.8) is 0 Å². The molecule has 3 aromatic rings. The van der Waals surface area contributed by atoms with Crippen LogP contribution in [0.25, 0.3) is 0 Å². The highest BCUT2D eigenvalue weighted by atomic mass is 35.5. The molecule has 3 nitrogen and oxygen atoms in total. The molecule has 8 heteroatoms. The third-order valence-electron chi connectivity index (χ3n) is 3.77. The van der Waals surface area contributed by atoms with Crippen LogP contribution in [0, 0.1) is 0 Å². The molecule has 2 N–H and O–H groups in total. The van der Waals surface area contributed by atoms with E-state index < -0.39 is 0 Å². The van der Waals surface area contributed by atoms with Crippen molar-refractivity contribution in [1.82, 2.24) is 0 Å². The second kappa shape index (κ2) is 9.12. The van der Waals surface area contributed by atoms with Crippen LogP contribution in [-0.2, 0) is 0 Å². The molecule has 28 heavy (non-hydrogen) atoms. The monoisotopic (exact) mass is 468 g/mol. The van der Waals surface area contributed by atoms with Gasteiger partial charge in [-0.2, -0.15) is 0 Å². The molecule has 0 aromatic heterocycles. The Morgan fingerprint density at radius 2 is 1.32 bits per heavy atom. The molecule has 0 aliphatic rings. The Hall–Kier alpha value is -1.82. The van der Waals surface area contributed by atoms with Gasteiger partial charge in [0.1, 0.15) is 0 Å². The van der Waals surface area contributed by atoms with Gasteiger partial charge in [-0.25, -0.2) is 0 Å². The van der Waals surface area contributed by atoms with Crippen molar-refractivity contribution in [2.24, 2.45) is 0 Å². The molecule has 0 aliphatic heterocycles. The number of thiocarbonyl (C=S) groups is 1. The first-order chi connectivity index (χ1) is 13.3. The fraction of sp³-hybridized carbons (Fsp3) is 0. The number of rotatable bonds is 4. The van der Waals surface area contributed by atoms with Crippen molar-refractivity contribution in [2.75, 3.05) is 10.6 Å². The van der Waals surface area contributed by atoms with E-state index in [1.807, 2.05) is 0 Å². The molecule has 0 radical (unpaired) electrons. The zero-order valence-corrected chi connectivity index (χ0v) is 17.9. The van der Waals surface area contributed by atoms with Gasteiger partial charge in [0, 0.05) is 21.2 Å². The highest BCUT2D eigenvalue weighted by Gasteiger charge is 2.18. The summed E-state index contributed by atoms with van der Waals surface area (Å²) in [4.78, 5) is 13.0. The van der Waals surface area contributed by atoms with Gasteiger partial charge in [-0.3, -0.25) is 4.79 Å². The predicted molar refractivity (Wildman–Crippen MR) is 123 cm³/mol. The number of nitrogens with one attached hydrogen (secondary N) is 2. The van der Waals surface area contributed by atoms with E-state index in [4.69, 9.17) is 58.6 Å². The Morgan fingerprint density at radius 1 is 0.714 bits per heavy atom. The van der Waals surface area contributed by atoms with Gasteiger partial charge in [-0.1, -0.05) is 58.5 Å². The average Bonchev–Trinajstić information content (AvgIpc) is 2.65. The van der Waals surface area contributed by atoms with Gasteiger partial charge in [0.2, 0.25) is 0 Å². The molecule has 0 bridgehead atoms. The minimum absolute atomic E-state index is 0.250. The Bertz CT molecular complexity index is 1070. The number of hydrogen-bond donors (Lipinski definition) is 2. The highest BCUT2D eigenvalue weighted by molar-refractivity contribution is 7.80. The lowest BCUT2D eigenvalue weighted by Crippen LogP contribution is -2.21. The van der Waals surface area contributed by atoms with Crippen LogP contribution in [-0.4, -0.2) is 10.9 Å². The molecule has 142 valence electrons. The van der Waals surface area contributed by atoms with E-state index in [1.54, 1.807) is 60.7 Å². The molecule has 0 heterocycles. The first kappa shape index (κ1) is 20.9. The fourth-order valence-electron chi connectivity index (χ4n) is 2.47. The average molecular weight is 470 g/mol. The van der Waals surface area contributed by atoms with Crippen LogP contribution < -0.4 is 10.6 Å². The Kier molecular flexibility index (Phi) is 6.81. The molecule has 0 saturated carbocycles. The smallest absolute Gasteiger partial charge is 0.196 e. The Balaban J connectivity index is 1.87. The lowest BCUT2D eigenvalue weighted by molar-refractivity contribution is 0.103. The number of benzene rings is 3. The molecule has 3 aromatic carbocycles. The van der Waals surface area contributed by atoms with Crippen LogP contribution in [0.3, 0.4) is 0 Å². The van der Waals surface area contributed by atoms with Crippen molar-refractivity contribution < 1.29 is 4.79 Å². The number of halogens is 4. The second-order valence-corrected chi connectivity index (χ2v) is 7.80. The van der Waals surface area contributed by atoms with Crippen molar-refractivity contribution in [2.45, 2.75) is 0 Å². The second-order valence-electron chi connectivity index (χ2n) is 5.70. The highest BCUT2D eigenvalue weighted by Crippen LogP contribution is 2.28. The number of carbonyl (C=O) groups excluding carboxylic acids is 1. The lowest BCUT2D eigenvalue weighted by atomic mass is 10.0. The standard InChI is InChI=1S/C20H12Cl4N2OS/c21-11-5-7-17(14(9-11)19(27)13-3-1-2-4-15(13)23)25-20(28)26-18-8-6-12(22)10-16(18)24/h1-10H,(H2,25,26,28). The molecule has 0 spiro atoms. The fourth-order valence-corrected chi connectivity index (χ4v) is 3.54. The summed E-state index contributed by atoms with van der Waals surface area (Å²) in [6.07, 6.45) is 0. The van der Waals surface area contributed by atoms with Crippen LogP contribution in [0.4, 0.5) is 11.4 Å². The summed E-state index contributed by atoms with van der Waals surface area (Å²) in [6, 6.07) is 16.7. The zero-order valence-electron chi connectivity index (χ0n) is 14.1. The van der Waals surface area contributed by atoms with Crippen molar-refractivity contribution in [3.8, 4) is 0 Å². The van der Waals surface area contributed by atoms with Gasteiger partial charge in [0.05, 0.1) is 21.4 Å². The van der Waals surface area contributed by atoms with Gasteiger partial charge in [0.25, 0.3) is 0 Å². The SMILES string of the molecule is O=C(c1ccccc1Cl)c1cc(Cl)ccc1NC(=S)Nc1ccc(Cl)cc1Cl. The van der Waals surface area contributed by atoms with E-state index in [2.05, 4.69) is 10.6 Å². The molecule has 0 amide bonds. The van der Waals surface area contributed by atoms with Gasteiger partial charge in [-0.05, 0) is 60.7 Å². The van der Waals surface area contributed by atoms with Crippen LogP contribution >= 0.6 is 58.6 Å². The lowest BCUT2D eigenvalue weighted by Gasteiger charge is -2.15. The van der Waals surface area contributed by atoms with E-state index >= 15 is 0 Å². The van der Waals surface area contributed by atoms with Crippen molar-refractivity contribution in [1.29, 1.82) is 0 Å². The molecule has 0 unspecified atom stereocenters. The van der Waals surface area contributed by atoms with Gasteiger partial charge < -0.3 is 10.6 Å². The maximum absolute atomic E-state index is 13.0. The first-order valence-electron chi connectivity index (χ1n) is 7.97. The molecular formula is C20H12Cl4N2OS. The van der Waals surface area contributed by atoms with Crippen molar-refractivity contribution in [3.05, 3.63) is 91.9 Å². The topological polar surface area (TPSA) is 41.1 Å². The summed E-state index contributed by atoms with van der Waals surface area (Å²) in [5.74, 6) is -0.275. The van der Waals surface area contributed by atoms with E-state index in [0.29, 0.717) is 42.6 Å². The van der Waals surface area contributed by atoms with E-state index in [1.165, 1.54) is 0 Å². The number of hydrogen-bond acceptors (Lipinski definition) is 2. The van der Waals surface area contributed by atoms with Crippen LogP contribution in [0.2, 0.25) is 20.1 Å². The maximum Gasteiger partial charge on any atom is 0.196 e. The number of ketones is 1. The molecule has 0 saturated heterocycles. The minimum Gasteiger partial charge on any atom is -0.332 e. The van der Waals surface area contributed by atoms with E-state index in [9.17, 15) is 4.79 Å². The maximum atomic E-state index is 13.0. The van der Waals surface area contributed by atoms with Crippen LogP contribution in [0.15, 0.2) is 60.7 Å². The largest absolute Gasteiger partial charge is 0.332 e. The Labute approximate surface area is 187 Å². The quantitative estimate of drug-likeness (QED) is 0.309. The summed E-state index contributed by atoms with van der Waals surface area (Å²) in [6.45, 7) is 0. The summed E-state index contributed by atoms with van der Waals surface area (Å²) >= 11 is 29.7. The van der Waals surface area contributed by atoms with Crippen molar-refractivity contribution >= 4 is 80.9 Å². The Morgan fingerprint density at radius 3 is 2.00 bits per heavy atom. The minimum atomic E-state index is -0.275. The predicted octanol–water partition coefficient (Wildman–Crippen LogP) is 7.34. The van der Waals surface area contributed by atoms with Crippen LogP contribution in [0.1, 0.15) is 15.9 Å². The molecule has 0 atom stereocenters. The zero-order chi connectivity index (χ0) is 20.3. The third kappa shape index (κ3) is 4.96. The molecule has 0 fully saturated rings.